The van der Waals surface area contributed by atoms with Crippen LogP contribution in [0, 0.1) is 0 Å². The smallest absolute Gasteiger partial charge is 0.191 e. The van der Waals surface area contributed by atoms with Crippen molar-refractivity contribution in [2.75, 3.05) is 27.3 Å². The summed E-state index contributed by atoms with van der Waals surface area (Å²) in [5.41, 5.74) is 3.44. The van der Waals surface area contributed by atoms with E-state index < -0.39 is 0 Å². The molecule has 0 saturated carbocycles. The summed E-state index contributed by atoms with van der Waals surface area (Å²) in [7, 11) is 3.44. The molecule has 1 unspecified atom stereocenters. The van der Waals surface area contributed by atoms with Crippen molar-refractivity contribution in [2.45, 2.75) is 19.1 Å². The van der Waals surface area contributed by atoms with Gasteiger partial charge in [-0.2, -0.15) is 0 Å². The predicted octanol–water partition coefficient (Wildman–Crippen LogP) is 2.89. The molecule has 0 amide bonds. The molecule has 0 saturated heterocycles. The zero-order valence-electron chi connectivity index (χ0n) is 15.3. The van der Waals surface area contributed by atoms with Gasteiger partial charge < -0.3 is 20.5 Å². The van der Waals surface area contributed by atoms with Crippen molar-refractivity contribution in [3.63, 3.8) is 0 Å². The van der Waals surface area contributed by atoms with Gasteiger partial charge in [0.15, 0.2) is 5.96 Å². The Kier molecular flexibility index (Phi) is 10.9. The van der Waals surface area contributed by atoms with Crippen molar-refractivity contribution < 1.29 is 9.84 Å². The summed E-state index contributed by atoms with van der Waals surface area (Å²) in [6.07, 6.45) is 0. The predicted molar refractivity (Wildman–Crippen MR) is 117 cm³/mol. The second kappa shape index (κ2) is 12.7. The fourth-order valence-corrected chi connectivity index (χ4v) is 2.66. The molecular weight excluding hydrogens is 441 g/mol. The van der Waals surface area contributed by atoms with E-state index in [1.807, 2.05) is 42.5 Å². The number of rotatable bonds is 8. The molecule has 5 nitrogen and oxygen atoms in total. The zero-order valence-corrected chi connectivity index (χ0v) is 17.6. The molecule has 0 fully saturated rings. The number of benzene rings is 2. The van der Waals surface area contributed by atoms with Crippen molar-refractivity contribution in [2.24, 2.45) is 4.99 Å². The molecule has 0 spiro atoms. The van der Waals surface area contributed by atoms with E-state index >= 15 is 0 Å². The Balaban J connectivity index is 0.00000338. The lowest BCUT2D eigenvalue weighted by molar-refractivity contribution is 0.184. The SMILES string of the molecule is CN=C(NCc1ccccc1COC)NCC(CO)c1ccccc1.I. The second-order valence-electron chi connectivity index (χ2n) is 5.80. The first-order valence-corrected chi connectivity index (χ1v) is 8.44. The van der Waals surface area contributed by atoms with E-state index in [-0.39, 0.29) is 36.5 Å². The van der Waals surface area contributed by atoms with E-state index in [4.69, 9.17) is 4.74 Å². The minimum absolute atomic E-state index is 0. The van der Waals surface area contributed by atoms with Gasteiger partial charge in [0, 0.05) is 33.2 Å². The van der Waals surface area contributed by atoms with E-state index in [0.29, 0.717) is 25.7 Å². The average molecular weight is 469 g/mol. The summed E-state index contributed by atoms with van der Waals surface area (Å²) in [6, 6.07) is 18.2. The fraction of sp³-hybridized carbons (Fsp3) is 0.350. The van der Waals surface area contributed by atoms with E-state index in [1.54, 1.807) is 14.2 Å². The summed E-state index contributed by atoms with van der Waals surface area (Å²) in [5.74, 6) is 0.738. The van der Waals surface area contributed by atoms with E-state index in [9.17, 15) is 5.11 Å². The Bertz CT molecular complexity index is 665. The molecule has 0 radical (unpaired) electrons. The lowest BCUT2D eigenvalue weighted by Crippen LogP contribution is -2.39. The molecule has 0 aromatic heterocycles. The Morgan fingerprint density at radius 1 is 1.04 bits per heavy atom. The second-order valence-corrected chi connectivity index (χ2v) is 5.80. The number of guanidine groups is 1. The molecule has 26 heavy (non-hydrogen) atoms. The maximum atomic E-state index is 9.65. The highest BCUT2D eigenvalue weighted by molar-refractivity contribution is 14.0. The molecule has 0 aliphatic heterocycles. The van der Waals surface area contributed by atoms with Crippen LogP contribution in [0.1, 0.15) is 22.6 Å². The monoisotopic (exact) mass is 469 g/mol. The largest absolute Gasteiger partial charge is 0.396 e. The van der Waals surface area contributed by atoms with Gasteiger partial charge in [0.25, 0.3) is 0 Å². The summed E-state index contributed by atoms with van der Waals surface area (Å²) in [5, 5.41) is 16.3. The maximum Gasteiger partial charge on any atom is 0.191 e. The molecule has 0 aliphatic carbocycles. The number of nitrogens with one attached hydrogen (secondary N) is 2. The highest BCUT2D eigenvalue weighted by atomic mass is 127. The van der Waals surface area contributed by atoms with Gasteiger partial charge in [-0.3, -0.25) is 4.99 Å². The first-order chi connectivity index (χ1) is 12.3. The number of aliphatic hydroxyl groups is 1. The molecular formula is C20H28IN3O2. The van der Waals surface area contributed by atoms with Gasteiger partial charge in [-0.25, -0.2) is 0 Å². The quantitative estimate of drug-likeness (QED) is 0.316. The maximum absolute atomic E-state index is 9.65. The van der Waals surface area contributed by atoms with Crippen molar-refractivity contribution in [3.05, 3.63) is 71.3 Å². The Morgan fingerprint density at radius 3 is 2.31 bits per heavy atom. The number of nitrogens with zero attached hydrogens (tertiary/aromatic N) is 1. The average Bonchev–Trinajstić information content (AvgIpc) is 2.67. The van der Waals surface area contributed by atoms with Gasteiger partial charge in [-0.05, 0) is 16.7 Å². The van der Waals surface area contributed by atoms with Crippen molar-refractivity contribution >= 4 is 29.9 Å². The van der Waals surface area contributed by atoms with Gasteiger partial charge in [0.2, 0.25) is 0 Å². The van der Waals surface area contributed by atoms with Crippen LogP contribution in [0.5, 0.6) is 0 Å². The standard InChI is InChI=1S/C20H27N3O2.HI/c1-21-20(22-12-17-10-6-7-11-18(17)15-25-2)23-13-19(14-24)16-8-4-3-5-9-16;/h3-11,19,24H,12-15H2,1-2H3,(H2,21,22,23);1H. The van der Waals surface area contributed by atoms with Gasteiger partial charge >= 0.3 is 0 Å². The summed E-state index contributed by atoms with van der Waals surface area (Å²) >= 11 is 0. The van der Waals surface area contributed by atoms with Crippen LogP contribution in [-0.2, 0) is 17.9 Å². The third-order valence-corrected chi connectivity index (χ3v) is 4.10. The number of aliphatic hydroxyl groups excluding tert-OH is 1. The van der Waals surface area contributed by atoms with Gasteiger partial charge in [-0.15, -0.1) is 24.0 Å². The van der Waals surface area contributed by atoms with Crippen molar-refractivity contribution in [3.8, 4) is 0 Å². The number of aliphatic imine (C=N–C) groups is 1. The Morgan fingerprint density at radius 2 is 1.69 bits per heavy atom. The highest BCUT2D eigenvalue weighted by Crippen LogP contribution is 2.13. The molecule has 1 atom stereocenters. The van der Waals surface area contributed by atoms with Gasteiger partial charge in [-0.1, -0.05) is 54.6 Å². The van der Waals surface area contributed by atoms with E-state index in [2.05, 4.69) is 27.8 Å². The molecule has 0 heterocycles. The highest BCUT2D eigenvalue weighted by Gasteiger charge is 2.11. The number of methoxy groups -OCH3 is 1. The number of hydrogen-bond acceptors (Lipinski definition) is 3. The van der Waals surface area contributed by atoms with Gasteiger partial charge in [0.05, 0.1) is 13.2 Å². The van der Waals surface area contributed by atoms with E-state index in [1.165, 1.54) is 5.56 Å². The molecule has 142 valence electrons. The minimum Gasteiger partial charge on any atom is -0.396 e. The van der Waals surface area contributed by atoms with Crippen LogP contribution in [0.4, 0.5) is 0 Å². The minimum atomic E-state index is 0. The van der Waals surface area contributed by atoms with E-state index in [0.717, 1.165) is 11.1 Å². The lowest BCUT2D eigenvalue weighted by Gasteiger charge is -2.18. The molecule has 6 heteroatoms. The summed E-state index contributed by atoms with van der Waals surface area (Å²) < 4.78 is 5.24. The molecule has 2 aromatic carbocycles. The zero-order chi connectivity index (χ0) is 17.9. The summed E-state index contributed by atoms with van der Waals surface area (Å²) in [6.45, 7) is 1.95. The molecule has 3 N–H and O–H groups in total. The number of ether oxygens (including phenoxy) is 1. The van der Waals surface area contributed by atoms with Crippen LogP contribution in [0.25, 0.3) is 0 Å². The van der Waals surface area contributed by atoms with Crippen LogP contribution in [0.3, 0.4) is 0 Å². The topological polar surface area (TPSA) is 65.9 Å². The normalized spacial score (nSPS) is 12.2. The molecule has 0 bridgehead atoms. The van der Waals surface area contributed by atoms with Gasteiger partial charge in [0.1, 0.15) is 0 Å². The Hall–Kier alpha value is -1.64. The van der Waals surface area contributed by atoms with Crippen molar-refractivity contribution in [1.29, 1.82) is 0 Å². The van der Waals surface area contributed by atoms with Crippen LogP contribution in [0.2, 0.25) is 0 Å². The third-order valence-electron chi connectivity index (χ3n) is 4.10. The molecule has 0 aliphatic rings. The molecule has 2 rings (SSSR count). The van der Waals surface area contributed by atoms with Crippen LogP contribution >= 0.6 is 24.0 Å². The first-order valence-electron chi connectivity index (χ1n) is 8.44. The Labute approximate surface area is 172 Å². The first kappa shape index (κ1) is 22.4. The third kappa shape index (κ3) is 6.93. The molecule has 2 aromatic rings. The van der Waals surface area contributed by atoms with Crippen LogP contribution < -0.4 is 10.6 Å². The van der Waals surface area contributed by atoms with Crippen LogP contribution in [-0.4, -0.2) is 38.4 Å². The number of hydrogen-bond donors (Lipinski definition) is 3. The number of halogens is 1. The van der Waals surface area contributed by atoms with Crippen LogP contribution in [0.15, 0.2) is 59.6 Å². The van der Waals surface area contributed by atoms with Crippen molar-refractivity contribution in [1.82, 2.24) is 10.6 Å². The lowest BCUT2D eigenvalue weighted by atomic mass is 10.0. The summed E-state index contributed by atoms with van der Waals surface area (Å²) in [4.78, 5) is 4.26. The fourth-order valence-electron chi connectivity index (χ4n) is 2.66.